The summed E-state index contributed by atoms with van der Waals surface area (Å²) in [5, 5.41) is 0.704. The zero-order chi connectivity index (χ0) is 10.9. The molecule has 78 valence electrons. The highest BCUT2D eigenvalue weighted by Gasteiger charge is 2.27. The van der Waals surface area contributed by atoms with Gasteiger partial charge in [-0.25, -0.2) is 9.37 Å². The maximum absolute atomic E-state index is 13.2. The fraction of sp³-hybridized carbons (Fsp3) is 0.600. The van der Waals surface area contributed by atoms with Crippen molar-refractivity contribution in [1.82, 2.24) is 4.98 Å². The number of Topliss-reactive ketones (excluding diaryl/α,β-unsaturated/α-hetero) is 1. The summed E-state index contributed by atoms with van der Waals surface area (Å²) in [6.45, 7) is 6.40. The number of aryl methyl sites for hydroxylation is 2. The molecule has 0 aliphatic heterocycles. The molecule has 2 nitrogen and oxygen atoms in total. The van der Waals surface area contributed by atoms with E-state index in [1.165, 1.54) is 25.2 Å². The summed E-state index contributed by atoms with van der Waals surface area (Å²) >= 11 is 1.46. The molecule has 14 heavy (non-hydrogen) atoms. The van der Waals surface area contributed by atoms with Crippen LogP contribution in [0.1, 0.15) is 29.4 Å². The Hall–Kier alpha value is -0.770. The number of thiazole rings is 1. The fourth-order valence-corrected chi connectivity index (χ4v) is 1.89. The highest BCUT2D eigenvalue weighted by Crippen LogP contribution is 2.20. The number of halogens is 1. The van der Waals surface area contributed by atoms with Gasteiger partial charge in [-0.3, -0.25) is 4.79 Å². The number of rotatable bonds is 3. The normalized spacial score (nSPS) is 11.8. The van der Waals surface area contributed by atoms with Crippen LogP contribution in [0, 0.1) is 13.8 Å². The zero-order valence-electron chi connectivity index (χ0n) is 8.85. The summed E-state index contributed by atoms with van der Waals surface area (Å²) in [5.41, 5.74) is -0.831. The summed E-state index contributed by atoms with van der Waals surface area (Å²) < 4.78 is 13.2. The topological polar surface area (TPSA) is 30.0 Å². The number of hydrogen-bond acceptors (Lipinski definition) is 3. The molecule has 0 saturated heterocycles. The smallest absolute Gasteiger partial charge is 0.176 e. The van der Waals surface area contributed by atoms with Gasteiger partial charge in [-0.05, 0) is 27.7 Å². The van der Waals surface area contributed by atoms with Crippen LogP contribution in [-0.2, 0) is 11.2 Å². The minimum atomic E-state index is -1.76. The summed E-state index contributed by atoms with van der Waals surface area (Å²) in [5.74, 6) is -0.411. The summed E-state index contributed by atoms with van der Waals surface area (Å²) in [6.07, 6.45) is 0.100. The van der Waals surface area contributed by atoms with Crippen molar-refractivity contribution in [2.75, 3.05) is 0 Å². The second kappa shape index (κ2) is 3.77. The van der Waals surface area contributed by atoms with Crippen molar-refractivity contribution in [2.24, 2.45) is 0 Å². The number of carbonyl (C=O) groups excluding carboxylic acids is 1. The van der Waals surface area contributed by atoms with Gasteiger partial charge in [0.2, 0.25) is 0 Å². The van der Waals surface area contributed by atoms with E-state index in [1.54, 1.807) is 0 Å². The molecule has 0 amide bonds. The van der Waals surface area contributed by atoms with Crippen LogP contribution in [0.3, 0.4) is 0 Å². The lowest BCUT2D eigenvalue weighted by molar-refractivity contribution is -0.127. The third kappa shape index (κ3) is 2.61. The van der Waals surface area contributed by atoms with Gasteiger partial charge in [0, 0.05) is 4.88 Å². The van der Waals surface area contributed by atoms with E-state index in [0.717, 1.165) is 10.6 Å². The minimum absolute atomic E-state index is 0.100. The van der Waals surface area contributed by atoms with E-state index < -0.39 is 11.5 Å². The number of alkyl halides is 1. The first-order valence-electron chi connectivity index (χ1n) is 4.46. The van der Waals surface area contributed by atoms with Crippen LogP contribution < -0.4 is 0 Å². The van der Waals surface area contributed by atoms with E-state index in [2.05, 4.69) is 4.98 Å². The molecule has 0 aliphatic carbocycles. The first-order valence-corrected chi connectivity index (χ1v) is 5.27. The summed E-state index contributed by atoms with van der Waals surface area (Å²) in [4.78, 5) is 16.6. The Labute approximate surface area is 87.2 Å². The van der Waals surface area contributed by atoms with E-state index in [4.69, 9.17) is 0 Å². The van der Waals surface area contributed by atoms with Gasteiger partial charge in [0.15, 0.2) is 11.5 Å². The van der Waals surface area contributed by atoms with Crippen molar-refractivity contribution in [3.05, 3.63) is 15.6 Å². The first-order chi connectivity index (χ1) is 6.30. The van der Waals surface area contributed by atoms with Gasteiger partial charge < -0.3 is 0 Å². The minimum Gasteiger partial charge on any atom is -0.296 e. The van der Waals surface area contributed by atoms with Gasteiger partial charge in [0.05, 0.1) is 12.1 Å². The van der Waals surface area contributed by atoms with Gasteiger partial charge >= 0.3 is 0 Å². The highest BCUT2D eigenvalue weighted by atomic mass is 32.1. The van der Waals surface area contributed by atoms with Crippen LogP contribution in [0.4, 0.5) is 4.39 Å². The molecule has 0 fully saturated rings. The number of hydrogen-bond donors (Lipinski definition) is 0. The molecule has 0 N–H and O–H groups in total. The van der Waals surface area contributed by atoms with Gasteiger partial charge in [0.1, 0.15) is 5.01 Å². The maximum atomic E-state index is 13.2. The Balaban J connectivity index is 2.75. The average molecular weight is 215 g/mol. The molecule has 1 heterocycles. The predicted molar refractivity (Wildman–Crippen MR) is 55.5 cm³/mol. The van der Waals surface area contributed by atoms with Gasteiger partial charge in [-0.2, -0.15) is 0 Å². The van der Waals surface area contributed by atoms with Crippen molar-refractivity contribution in [3.63, 3.8) is 0 Å². The molecule has 1 rings (SSSR count). The van der Waals surface area contributed by atoms with E-state index in [9.17, 15) is 9.18 Å². The Morgan fingerprint density at radius 2 is 2.07 bits per heavy atom. The molecule has 0 atom stereocenters. The van der Waals surface area contributed by atoms with Crippen LogP contribution in [0.5, 0.6) is 0 Å². The third-order valence-electron chi connectivity index (χ3n) is 2.05. The van der Waals surface area contributed by atoms with Gasteiger partial charge in [-0.15, -0.1) is 11.3 Å². The summed E-state index contributed by atoms with van der Waals surface area (Å²) in [7, 11) is 0. The second-order valence-corrected chi connectivity index (χ2v) is 5.11. The maximum Gasteiger partial charge on any atom is 0.176 e. The lowest BCUT2D eigenvalue weighted by Gasteiger charge is -2.10. The van der Waals surface area contributed by atoms with Crippen LogP contribution in [0.2, 0.25) is 0 Å². The molecule has 0 radical (unpaired) electrons. The van der Waals surface area contributed by atoms with Crippen molar-refractivity contribution in [2.45, 2.75) is 39.8 Å². The van der Waals surface area contributed by atoms with Crippen molar-refractivity contribution >= 4 is 17.1 Å². The molecule has 0 saturated carbocycles. The predicted octanol–water partition coefficient (Wildman–Crippen LogP) is 2.62. The lowest BCUT2D eigenvalue weighted by atomic mass is 10.0. The van der Waals surface area contributed by atoms with Crippen molar-refractivity contribution in [1.29, 1.82) is 0 Å². The molecule has 0 bridgehead atoms. The number of nitrogens with zero attached hydrogens (tertiary/aromatic N) is 1. The van der Waals surface area contributed by atoms with Crippen LogP contribution >= 0.6 is 11.3 Å². The Morgan fingerprint density at radius 3 is 2.43 bits per heavy atom. The fourth-order valence-electron chi connectivity index (χ4n) is 0.962. The monoisotopic (exact) mass is 215 g/mol. The van der Waals surface area contributed by atoms with E-state index in [0.29, 0.717) is 5.01 Å². The number of ketones is 1. The number of carbonyl (C=O) groups is 1. The molecule has 0 aliphatic rings. The molecule has 4 heteroatoms. The quantitative estimate of drug-likeness (QED) is 0.775. The third-order valence-corrected chi connectivity index (χ3v) is 3.12. The van der Waals surface area contributed by atoms with Crippen molar-refractivity contribution in [3.8, 4) is 0 Å². The zero-order valence-corrected chi connectivity index (χ0v) is 9.67. The Kier molecular flexibility index (Phi) is 3.04. The van der Waals surface area contributed by atoms with Crippen LogP contribution in [0.15, 0.2) is 0 Å². The van der Waals surface area contributed by atoms with Gasteiger partial charge in [0.25, 0.3) is 0 Å². The summed E-state index contributed by atoms with van der Waals surface area (Å²) in [6, 6.07) is 0. The standard InChI is InChI=1S/C10H14FNOS/c1-6-7(2)14-9(12-6)5-8(13)10(3,4)11/h5H2,1-4H3. The van der Waals surface area contributed by atoms with Crippen molar-refractivity contribution < 1.29 is 9.18 Å². The molecule has 0 spiro atoms. The SMILES string of the molecule is Cc1nc(CC(=O)C(C)(C)F)sc1C. The molecular weight excluding hydrogens is 201 g/mol. The van der Waals surface area contributed by atoms with E-state index in [1.807, 2.05) is 13.8 Å². The average Bonchev–Trinajstić information content (AvgIpc) is 2.29. The number of aromatic nitrogens is 1. The van der Waals surface area contributed by atoms with E-state index >= 15 is 0 Å². The first kappa shape index (κ1) is 11.3. The van der Waals surface area contributed by atoms with Crippen LogP contribution in [0.25, 0.3) is 0 Å². The van der Waals surface area contributed by atoms with Gasteiger partial charge in [-0.1, -0.05) is 0 Å². The second-order valence-electron chi connectivity index (χ2n) is 3.82. The van der Waals surface area contributed by atoms with Crippen LogP contribution in [-0.4, -0.2) is 16.4 Å². The largest absolute Gasteiger partial charge is 0.296 e. The Bertz CT molecular complexity index is 332. The lowest BCUT2D eigenvalue weighted by Crippen LogP contribution is -2.27. The Morgan fingerprint density at radius 1 is 1.50 bits per heavy atom. The van der Waals surface area contributed by atoms with E-state index in [-0.39, 0.29) is 6.42 Å². The molecule has 0 aromatic carbocycles. The molecular formula is C10H14FNOS. The molecule has 1 aromatic rings. The molecule has 0 unspecified atom stereocenters. The molecule has 1 aromatic heterocycles. The highest BCUT2D eigenvalue weighted by molar-refractivity contribution is 7.11.